The van der Waals surface area contributed by atoms with E-state index in [1.807, 2.05) is 30.3 Å². The van der Waals surface area contributed by atoms with E-state index in [0.29, 0.717) is 34.6 Å². The fraction of sp³-hybridized carbons (Fsp3) is 0.327. The molecule has 0 spiro atoms. The minimum Gasteiger partial charge on any atom is -0.489 e. The van der Waals surface area contributed by atoms with Crippen molar-refractivity contribution in [3.8, 4) is 5.75 Å². The van der Waals surface area contributed by atoms with Crippen LogP contribution in [0.1, 0.15) is 61.9 Å². The van der Waals surface area contributed by atoms with Gasteiger partial charge in [0.05, 0.1) is 24.7 Å². The molecule has 0 aliphatic rings. The van der Waals surface area contributed by atoms with Gasteiger partial charge in [-0.1, -0.05) is 133 Å². The highest BCUT2D eigenvalue weighted by Gasteiger charge is 2.34. The molecule has 380 valence electrons. The van der Waals surface area contributed by atoms with Gasteiger partial charge in [-0.25, -0.2) is 0 Å². The monoisotopic (exact) mass is 984 g/mol. The third kappa shape index (κ3) is 19.1. The average molecular weight is 985 g/mol. The van der Waals surface area contributed by atoms with Crippen molar-refractivity contribution in [2.24, 2.45) is 5.73 Å². The Morgan fingerprint density at radius 1 is 0.500 bits per heavy atom. The Morgan fingerprint density at radius 2 is 0.903 bits per heavy atom. The summed E-state index contributed by atoms with van der Waals surface area (Å²) in [5.74, 6) is -5.66. The van der Waals surface area contributed by atoms with Gasteiger partial charge in [-0.05, 0) is 74.1 Å². The van der Waals surface area contributed by atoms with E-state index in [1.165, 1.54) is 6.92 Å². The Hall–Kier alpha value is -7.89. The fourth-order valence-electron chi connectivity index (χ4n) is 7.09. The van der Waals surface area contributed by atoms with Crippen LogP contribution in [0.4, 0.5) is 0 Å². The van der Waals surface area contributed by atoms with Gasteiger partial charge in [-0.2, -0.15) is 0 Å². The fourth-order valence-corrected chi connectivity index (χ4v) is 7.09. The molecule has 0 bridgehead atoms. The van der Waals surface area contributed by atoms with Crippen molar-refractivity contribution in [2.45, 2.75) is 108 Å². The van der Waals surface area contributed by atoms with Crippen LogP contribution in [0.2, 0.25) is 0 Å². The van der Waals surface area contributed by atoms with Crippen molar-refractivity contribution in [1.82, 2.24) is 26.6 Å². The molecule has 0 aliphatic carbocycles. The number of aliphatic carboxylic acids is 1. The van der Waals surface area contributed by atoms with E-state index >= 15 is 0 Å². The third-order valence-corrected chi connectivity index (χ3v) is 11.1. The number of esters is 1. The van der Waals surface area contributed by atoms with Crippen LogP contribution in [0.15, 0.2) is 146 Å². The molecule has 6 atom stereocenters. The molecule has 72 heavy (non-hydrogen) atoms. The molecular weight excluding hydrogens is 921 g/mol. The van der Waals surface area contributed by atoms with Gasteiger partial charge in [0.25, 0.3) is 0 Å². The summed E-state index contributed by atoms with van der Waals surface area (Å²) in [6, 6.07) is 34.9. The maximum Gasteiger partial charge on any atom is 0.325 e. The number of nitrogens with one attached hydrogen (secondary N) is 5. The molecule has 0 radical (unpaired) electrons. The smallest absolute Gasteiger partial charge is 0.325 e. The van der Waals surface area contributed by atoms with Gasteiger partial charge in [0.1, 0.15) is 49.2 Å². The van der Waals surface area contributed by atoms with Crippen LogP contribution in [-0.2, 0) is 75.5 Å². The van der Waals surface area contributed by atoms with Crippen LogP contribution in [0.3, 0.4) is 0 Å². The second-order valence-electron chi connectivity index (χ2n) is 18.2. The minimum absolute atomic E-state index is 0.0604. The average Bonchev–Trinajstić information content (AvgIpc) is 3.36. The van der Waals surface area contributed by atoms with E-state index in [0.717, 1.165) is 5.56 Å². The first-order chi connectivity index (χ1) is 34.4. The Morgan fingerprint density at radius 3 is 1.38 bits per heavy atom. The number of hydrogen-bond donors (Lipinski definition) is 7. The van der Waals surface area contributed by atoms with Crippen molar-refractivity contribution < 1.29 is 52.9 Å². The molecule has 0 heterocycles. The van der Waals surface area contributed by atoms with E-state index < -0.39 is 89.7 Å². The first-order valence-electron chi connectivity index (χ1n) is 23.6. The number of rotatable bonds is 26. The number of carbonyl (C=O) groups excluding carboxylic acids is 6. The molecule has 5 aromatic carbocycles. The molecule has 5 rings (SSSR count). The van der Waals surface area contributed by atoms with Gasteiger partial charge in [-0.3, -0.25) is 33.6 Å². The SMILES string of the molecule is C[C@@H](NC(=O)[C@H](COC(C)(C)C)NC(=O)[C@H](Cc1ccccc1)NC(=O)[C@H](Cc1ccccc1)NC(=O)[C@H](CC(=O)OCc1ccccc1)NC(=O)[C@@H](N)Cc1ccc(OCc2ccccc2)cc1)C(=O)O. The summed E-state index contributed by atoms with van der Waals surface area (Å²) in [5.41, 5.74) is 9.29. The summed E-state index contributed by atoms with van der Waals surface area (Å²) < 4.78 is 17.2. The molecule has 17 heteroatoms. The molecule has 17 nitrogen and oxygen atoms in total. The first kappa shape index (κ1) is 55.0. The van der Waals surface area contributed by atoms with Crippen LogP contribution >= 0.6 is 0 Å². The second kappa shape index (κ2) is 27.5. The van der Waals surface area contributed by atoms with Gasteiger partial charge in [0, 0.05) is 12.8 Å². The van der Waals surface area contributed by atoms with E-state index in [9.17, 15) is 38.7 Å². The van der Waals surface area contributed by atoms with Gasteiger partial charge in [-0.15, -0.1) is 0 Å². The first-order valence-corrected chi connectivity index (χ1v) is 23.6. The van der Waals surface area contributed by atoms with Crippen molar-refractivity contribution in [3.05, 3.63) is 173 Å². The number of amides is 5. The topological polar surface area (TPSA) is 254 Å². The third-order valence-electron chi connectivity index (χ3n) is 11.1. The maximum absolute atomic E-state index is 14.6. The van der Waals surface area contributed by atoms with Crippen LogP contribution < -0.4 is 37.1 Å². The molecule has 0 saturated carbocycles. The minimum atomic E-state index is -1.58. The highest BCUT2D eigenvalue weighted by Crippen LogP contribution is 2.16. The molecule has 8 N–H and O–H groups in total. The van der Waals surface area contributed by atoms with Crippen LogP contribution in [0.25, 0.3) is 0 Å². The number of benzene rings is 5. The van der Waals surface area contributed by atoms with Crippen LogP contribution in [-0.4, -0.2) is 95.0 Å². The van der Waals surface area contributed by atoms with Gasteiger partial charge < -0.3 is 51.6 Å². The lowest BCUT2D eigenvalue weighted by Crippen LogP contribution is -2.60. The maximum atomic E-state index is 14.6. The van der Waals surface area contributed by atoms with Crippen molar-refractivity contribution in [1.29, 1.82) is 0 Å². The van der Waals surface area contributed by atoms with Gasteiger partial charge in [0.2, 0.25) is 29.5 Å². The summed E-state index contributed by atoms with van der Waals surface area (Å²) in [5, 5.41) is 22.5. The Bertz CT molecular complexity index is 2540. The van der Waals surface area contributed by atoms with E-state index in [2.05, 4.69) is 26.6 Å². The van der Waals surface area contributed by atoms with E-state index in [1.54, 1.807) is 136 Å². The zero-order valence-corrected chi connectivity index (χ0v) is 40.9. The zero-order valence-electron chi connectivity index (χ0n) is 40.9. The molecule has 5 amide bonds. The number of hydrogen-bond acceptors (Lipinski definition) is 11. The lowest BCUT2D eigenvalue weighted by atomic mass is 10.0. The van der Waals surface area contributed by atoms with Crippen molar-refractivity contribution in [3.63, 3.8) is 0 Å². The quantitative estimate of drug-likeness (QED) is 0.0387. The molecule has 0 unspecified atom stereocenters. The molecule has 0 aromatic heterocycles. The lowest BCUT2D eigenvalue weighted by molar-refractivity contribution is -0.147. The number of nitrogens with two attached hydrogens (primary N) is 1. The second-order valence-corrected chi connectivity index (χ2v) is 18.2. The Kier molecular flexibility index (Phi) is 21.0. The molecule has 0 saturated heterocycles. The number of ether oxygens (including phenoxy) is 3. The molecular formula is C55H64N6O11. The molecule has 0 aliphatic heterocycles. The van der Waals surface area contributed by atoms with Gasteiger partial charge >= 0.3 is 11.9 Å². The molecule has 0 fully saturated rings. The predicted molar refractivity (Wildman–Crippen MR) is 269 cm³/mol. The highest BCUT2D eigenvalue weighted by atomic mass is 16.5. The van der Waals surface area contributed by atoms with Crippen LogP contribution in [0, 0.1) is 0 Å². The van der Waals surface area contributed by atoms with Gasteiger partial charge in [0.15, 0.2) is 0 Å². The zero-order chi connectivity index (χ0) is 52.0. The van der Waals surface area contributed by atoms with E-state index in [4.69, 9.17) is 19.9 Å². The number of carbonyl (C=O) groups is 7. The van der Waals surface area contributed by atoms with Crippen molar-refractivity contribution in [2.75, 3.05) is 6.61 Å². The summed E-state index contributed by atoms with van der Waals surface area (Å²) in [6.07, 6.45) is -0.744. The van der Waals surface area contributed by atoms with Crippen LogP contribution in [0.5, 0.6) is 5.75 Å². The predicted octanol–water partition coefficient (Wildman–Crippen LogP) is 4.10. The summed E-state index contributed by atoms with van der Waals surface area (Å²) >= 11 is 0. The number of carboxylic acid groups (broad SMARTS) is 1. The van der Waals surface area contributed by atoms with Crippen molar-refractivity contribution >= 4 is 41.5 Å². The largest absolute Gasteiger partial charge is 0.489 e. The Labute approximate surface area is 419 Å². The standard InChI is InChI=1S/C55H64N6O11/c1-36(54(68)69)57-53(67)47(35-72-55(2,3)4)61-51(65)45(31-38-19-11-6-12-20-38)59-50(64)44(30-37-17-9-5-10-18-37)60-52(66)46(32-48(62)71-34-41-23-15-8-16-24-41)58-49(63)43(56)29-39-25-27-42(28-26-39)70-33-40-21-13-7-14-22-40/h5-28,36,43-47H,29-35,56H2,1-4H3,(H,57,67)(H,58,63)(H,59,64)(H,60,66)(H,61,65)(H,68,69)/t36-,43+,44+,45+,46+,47+/m1/s1. The van der Waals surface area contributed by atoms with E-state index in [-0.39, 0.29) is 32.5 Å². The number of carboxylic acids is 1. The Balaban J connectivity index is 1.37. The summed E-state index contributed by atoms with van der Waals surface area (Å²) in [6.45, 7) is 6.40. The normalized spacial score (nSPS) is 13.6. The molecule has 5 aromatic rings. The summed E-state index contributed by atoms with van der Waals surface area (Å²) in [4.78, 5) is 95.5. The summed E-state index contributed by atoms with van der Waals surface area (Å²) in [7, 11) is 0. The highest BCUT2D eigenvalue weighted by molar-refractivity contribution is 5.97. The lowest BCUT2D eigenvalue weighted by Gasteiger charge is -2.28.